The van der Waals surface area contributed by atoms with E-state index in [1.807, 2.05) is 60.2 Å². The summed E-state index contributed by atoms with van der Waals surface area (Å²) in [6, 6.07) is 17.0. The van der Waals surface area contributed by atoms with Gasteiger partial charge in [0, 0.05) is 41.4 Å². The normalized spacial score (nSPS) is 14.2. The molecule has 1 aliphatic heterocycles. The fourth-order valence-electron chi connectivity index (χ4n) is 3.72. The van der Waals surface area contributed by atoms with Crippen molar-refractivity contribution in [2.75, 3.05) is 31.6 Å². The van der Waals surface area contributed by atoms with Crippen molar-refractivity contribution in [1.82, 2.24) is 9.47 Å². The van der Waals surface area contributed by atoms with Gasteiger partial charge in [0.25, 0.3) is 5.91 Å². The number of amides is 2. The van der Waals surface area contributed by atoms with E-state index in [2.05, 4.69) is 5.32 Å². The van der Waals surface area contributed by atoms with Gasteiger partial charge < -0.3 is 19.5 Å². The molecule has 162 valence electrons. The zero-order chi connectivity index (χ0) is 22.5. The number of aryl methyl sites for hydroxylation is 1. The van der Waals surface area contributed by atoms with Crippen LogP contribution in [0, 0.1) is 18.3 Å². The number of anilines is 1. The number of carbonyl (C=O) groups is 2. The van der Waals surface area contributed by atoms with Crippen LogP contribution in [0.25, 0.3) is 17.0 Å². The number of nitriles is 1. The average Bonchev–Trinajstić information content (AvgIpc) is 3.16. The minimum absolute atomic E-state index is 0.00650. The summed E-state index contributed by atoms with van der Waals surface area (Å²) < 4.78 is 7.19. The molecule has 1 aliphatic rings. The first-order valence-electron chi connectivity index (χ1n) is 10.5. The predicted octanol–water partition coefficient (Wildman–Crippen LogP) is 3.35. The van der Waals surface area contributed by atoms with Gasteiger partial charge in [0.2, 0.25) is 5.91 Å². The minimum atomic E-state index is -0.474. The fraction of sp³-hybridized carbons (Fsp3) is 0.240. The third kappa shape index (κ3) is 4.71. The van der Waals surface area contributed by atoms with Crippen LogP contribution in [0.1, 0.15) is 11.1 Å². The van der Waals surface area contributed by atoms with E-state index < -0.39 is 5.91 Å². The molecule has 3 aromatic rings. The van der Waals surface area contributed by atoms with E-state index in [1.165, 1.54) is 0 Å². The third-order valence-electron chi connectivity index (χ3n) is 5.46. The number of nitrogens with zero attached hydrogens (tertiary/aromatic N) is 3. The van der Waals surface area contributed by atoms with Crippen molar-refractivity contribution in [3.8, 4) is 6.07 Å². The lowest BCUT2D eigenvalue weighted by molar-refractivity contribution is -0.135. The van der Waals surface area contributed by atoms with Crippen molar-refractivity contribution < 1.29 is 14.3 Å². The lowest BCUT2D eigenvalue weighted by Crippen LogP contribution is -2.42. The van der Waals surface area contributed by atoms with E-state index in [1.54, 1.807) is 23.1 Å². The molecule has 0 radical (unpaired) electrons. The second kappa shape index (κ2) is 9.50. The van der Waals surface area contributed by atoms with E-state index in [9.17, 15) is 14.9 Å². The van der Waals surface area contributed by atoms with Crippen molar-refractivity contribution in [2.45, 2.75) is 13.5 Å². The Morgan fingerprint density at radius 3 is 2.56 bits per heavy atom. The Hall–Kier alpha value is -3.89. The van der Waals surface area contributed by atoms with Crippen LogP contribution in [0.4, 0.5) is 5.69 Å². The van der Waals surface area contributed by atoms with Crippen molar-refractivity contribution >= 4 is 34.5 Å². The lowest BCUT2D eigenvalue weighted by Gasteiger charge is -2.27. The standard InChI is InChI=1S/C25H24N4O3/c1-18-6-8-21(9-7-18)27-25(31)19(15-26)14-20-16-29(23-5-3-2-4-22(20)23)17-24(30)28-10-12-32-13-11-28/h2-9,14,16H,10-13,17H2,1H3,(H,27,31)/b19-14-. The third-order valence-corrected chi connectivity index (χ3v) is 5.46. The number of hydrogen-bond acceptors (Lipinski definition) is 4. The highest BCUT2D eigenvalue weighted by Crippen LogP contribution is 2.24. The van der Waals surface area contributed by atoms with Gasteiger partial charge in [0.05, 0.1) is 13.2 Å². The molecule has 2 heterocycles. The van der Waals surface area contributed by atoms with Gasteiger partial charge >= 0.3 is 0 Å². The van der Waals surface area contributed by atoms with Crippen LogP contribution < -0.4 is 5.32 Å². The maximum atomic E-state index is 12.8. The Kier molecular flexibility index (Phi) is 6.34. The number of para-hydroxylation sites is 1. The number of ether oxygens (including phenoxy) is 1. The van der Waals surface area contributed by atoms with Crippen molar-refractivity contribution in [1.29, 1.82) is 5.26 Å². The second-order valence-electron chi connectivity index (χ2n) is 7.71. The zero-order valence-corrected chi connectivity index (χ0v) is 17.9. The Morgan fingerprint density at radius 1 is 1.12 bits per heavy atom. The summed E-state index contributed by atoms with van der Waals surface area (Å²) in [6.45, 7) is 4.42. The molecule has 0 saturated carbocycles. The van der Waals surface area contributed by atoms with Crippen LogP contribution in [0.15, 0.2) is 60.3 Å². The molecule has 2 aromatic carbocycles. The van der Waals surface area contributed by atoms with Crippen molar-refractivity contribution in [3.05, 3.63) is 71.4 Å². The maximum absolute atomic E-state index is 12.8. The molecule has 4 rings (SSSR count). The fourth-order valence-corrected chi connectivity index (χ4v) is 3.72. The van der Waals surface area contributed by atoms with Crippen LogP contribution in [0.2, 0.25) is 0 Å². The highest BCUT2D eigenvalue weighted by Gasteiger charge is 2.19. The summed E-state index contributed by atoms with van der Waals surface area (Å²) in [5.41, 5.74) is 3.29. The van der Waals surface area contributed by atoms with Crippen molar-refractivity contribution in [2.24, 2.45) is 0 Å². The molecule has 32 heavy (non-hydrogen) atoms. The summed E-state index contributed by atoms with van der Waals surface area (Å²) in [5.74, 6) is -0.459. The van der Waals surface area contributed by atoms with Gasteiger partial charge in [-0.15, -0.1) is 0 Å². The van der Waals surface area contributed by atoms with E-state index in [0.717, 1.165) is 16.5 Å². The SMILES string of the molecule is Cc1ccc(NC(=O)/C(C#N)=C\c2cn(CC(=O)N3CCOCC3)c3ccccc23)cc1. The van der Waals surface area contributed by atoms with Crippen LogP contribution in [0.3, 0.4) is 0 Å². The van der Waals surface area contributed by atoms with E-state index >= 15 is 0 Å². The number of nitrogens with one attached hydrogen (secondary N) is 1. The first kappa shape index (κ1) is 21.3. The van der Waals surface area contributed by atoms with Gasteiger partial charge in [0.1, 0.15) is 18.2 Å². The number of fused-ring (bicyclic) bond motifs is 1. The molecule has 1 aromatic heterocycles. The molecule has 0 spiro atoms. The van der Waals surface area contributed by atoms with Gasteiger partial charge in [-0.05, 0) is 31.2 Å². The van der Waals surface area contributed by atoms with E-state index in [0.29, 0.717) is 37.6 Å². The topological polar surface area (TPSA) is 87.4 Å². The Bertz CT molecular complexity index is 1210. The van der Waals surface area contributed by atoms with Gasteiger partial charge in [-0.25, -0.2) is 0 Å². The van der Waals surface area contributed by atoms with Crippen LogP contribution >= 0.6 is 0 Å². The predicted molar refractivity (Wildman–Crippen MR) is 123 cm³/mol. The minimum Gasteiger partial charge on any atom is -0.378 e. The molecule has 1 fully saturated rings. The highest BCUT2D eigenvalue weighted by atomic mass is 16.5. The van der Waals surface area contributed by atoms with E-state index in [4.69, 9.17) is 4.74 Å². The molecule has 0 unspecified atom stereocenters. The van der Waals surface area contributed by atoms with Crippen LogP contribution in [-0.4, -0.2) is 47.6 Å². The molecule has 0 atom stereocenters. The molecular formula is C25H24N4O3. The van der Waals surface area contributed by atoms with Crippen LogP contribution in [-0.2, 0) is 20.9 Å². The summed E-state index contributed by atoms with van der Waals surface area (Å²) in [6.07, 6.45) is 3.39. The average molecular weight is 428 g/mol. The summed E-state index contributed by atoms with van der Waals surface area (Å²) in [7, 11) is 0. The molecule has 1 N–H and O–H groups in total. The van der Waals surface area contributed by atoms with Gasteiger partial charge in [-0.3, -0.25) is 9.59 Å². The number of rotatable bonds is 5. The first-order chi connectivity index (χ1) is 15.5. The van der Waals surface area contributed by atoms with Crippen molar-refractivity contribution in [3.63, 3.8) is 0 Å². The largest absolute Gasteiger partial charge is 0.378 e. The molecule has 7 nitrogen and oxygen atoms in total. The van der Waals surface area contributed by atoms with Crippen LogP contribution in [0.5, 0.6) is 0 Å². The lowest BCUT2D eigenvalue weighted by atomic mass is 10.1. The molecule has 0 bridgehead atoms. The number of morpholine rings is 1. The summed E-state index contributed by atoms with van der Waals surface area (Å²) in [5, 5.41) is 13.3. The first-order valence-corrected chi connectivity index (χ1v) is 10.5. The maximum Gasteiger partial charge on any atom is 0.266 e. The summed E-state index contributed by atoms with van der Waals surface area (Å²) in [4.78, 5) is 27.2. The highest BCUT2D eigenvalue weighted by molar-refractivity contribution is 6.10. The Balaban J connectivity index is 1.60. The quantitative estimate of drug-likeness (QED) is 0.499. The summed E-state index contributed by atoms with van der Waals surface area (Å²) >= 11 is 0. The smallest absolute Gasteiger partial charge is 0.266 e. The number of aromatic nitrogens is 1. The number of hydrogen-bond donors (Lipinski definition) is 1. The Labute approximate surface area is 186 Å². The molecule has 0 aliphatic carbocycles. The van der Waals surface area contributed by atoms with E-state index in [-0.39, 0.29) is 18.0 Å². The number of benzene rings is 2. The molecule has 1 saturated heterocycles. The van der Waals surface area contributed by atoms with Gasteiger partial charge in [-0.2, -0.15) is 5.26 Å². The molecular weight excluding hydrogens is 404 g/mol. The molecule has 7 heteroatoms. The number of carbonyl (C=O) groups excluding carboxylic acids is 2. The Morgan fingerprint density at radius 2 is 1.84 bits per heavy atom. The van der Waals surface area contributed by atoms with Gasteiger partial charge in [0.15, 0.2) is 0 Å². The molecule has 2 amide bonds. The second-order valence-corrected chi connectivity index (χ2v) is 7.71. The van der Waals surface area contributed by atoms with Gasteiger partial charge in [-0.1, -0.05) is 35.9 Å². The monoisotopic (exact) mass is 428 g/mol. The zero-order valence-electron chi connectivity index (χ0n) is 17.9.